The van der Waals surface area contributed by atoms with Crippen LogP contribution >= 0.6 is 34.8 Å². The van der Waals surface area contributed by atoms with E-state index in [1.807, 2.05) is 6.92 Å². The van der Waals surface area contributed by atoms with Gasteiger partial charge in [-0.25, -0.2) is 4.39 Å². The number of benzene rings is 2. The third kappa shape index (κ3) is 4.27. The predicted molar refractivity (Wildman–Crippen MR) is 110 cm³/mol. The van der Waals surface area contributed by atoms with Crippen molar-refractivity contribution in [1.82, 2.24) is 5.32 Å². The Balaban J connectivity index is 1.82. The molecule has 148 valence electrons. The number of carbonyl (C=O) groups is 1. The fourth-order valence-corrected chi connectivity index (χ4v) is 3.51. The SMILES string of the molecule is CCC(=O)NCc1cc(C2=NOC(C)(c3cc(Cl)c(Cl)c(Cl)c3)C2)ccc1F. The Kier molecular flexibility index (Phi) is 6.18. The van der Waals surface area contributed by atoms with E-state index in [1.54, 1.807) is 31.2 Å². The van der Waals surface area contributed by atoms with Crippen LogP contribution in [0.2, 0.25) is 15.1 Å². The van der Waals surface area contributed by atoms with Crippen molar-refractivity contribution in [3.05, 3.63) is 67.9 Å². The van der Waals surface area contributed by atoms with Crippen molar-refractivity contribution in [2.24, 2.45) is 5.16 Å². The molecule has 3 rings (SSSR count). The number of rotatable bonds is 5. The maximum Gasteiger partial charge on any atom is 0.219 e. The Morgan fingerprint density at radius 2 is 1.93 bits per heavy atom. The zero-order valence-corrected chi connectivity index (χ0v) is 17.6. The summed E-state index contributed by atoms with van der Waals surface area (Å²) in [7, 11) is 0. The van der Waals surface area contributed by atoms with Crippen LogP contribution in [0.3, 0.4) is 0 Å². The van der Waals surface area contributed by atoms with Crippen LogP contribution < -0.4 is 5.32 Å². The zero-order valence-electron chi connectivity index (χ0n) is 15.3. The summed E-state index contributed by atoms with van der Waals surface area (Å²) < 4.78 is 14.1. The first-order chi connectivity index (χ1) is 13.2. The van der Waals surface area contributed by atoms with Crippen LogP contribution in [-0.2, 0) is 21.8 Å². The van der Waals surface area contributed by atoms with Crippen molar-refractivity contribution in [3.63, 3.8) is 0 Å². The van der Waals surface area contributed by atoms with Crippen molar-refractivity contribution in [1.29, 1.82) is 0 Å². The van der Waals surface area contributed by atoms with Gasteiger partial charge in [0, 0.05) is 36.1 Å². The van der Waals surface area contributed by atoms with Gasteiger partial charge in [0.05, 0.1) is 20.8 Å². The van der Waals surface area contributed by atoms with E-state index in [0.717, 1.165) is 11.1 Å². The molecule has 2 aromatic carbocycles. The van der Waals surface area contributed by atoms with Gasteiger partial charge in [-0.2, -0.15) is 0 Å². The molecule has 1 N–H and O–H groups in total. The summed E-state index contributed by atoms with van der Waals surface area (Å²) in [4.78, 5) is 17.1. The molecule has 1 atom stereocenters. The number of nitrogens with zero attached hydrogens (tertiary/aromatic N) is 1. The number of carbonyl (C=O) groups excluding carboxylic acids is 1. The second-order valence-electron chi connectivity index (χ2n) is 6.73. The minimum absolute atomic E-state index is 0.111. The highest BCUT2D eigenvalue weighted by Gasteiger charge is 2.37. The second-order valence-corrected chi connectivity index (χ2v) is 7.92. The molecule has 0 fully saturated rings. The van der Waals surface area contributed by atoms with Crippen LogP contribution in [0.4, 0.5) is 4.39 Å². The summed E-state index contributed by atoms with van der Waals surface area (Å²) in [5.41, 5.74) is 1.72. The van der Waals surface area contributed by atoms with E-state index < -0.39 is 11.4 Å². The molecule has 1 aliphatic heterocycles. The first-order valence-electron chi connectivity index (χ1n) is 8.69. The van der Waals surface area contributed by atoms with E-state index >= 15 is 0 Å². The largest absolute Gasteiger partial charge is 0.384 e. The molecule has 0 saturated carbocycles. The highest BCUT2D eigenvalue weighted by molar-refractivity contribution is 6.48. The molecule has 28 heavy (non-hydrogen) atoms. The fourth-order valence-electron chi connectivity index (χ4n) is 2.92. The molecular formula is C20H18Cl3FN2O2. The van der Waals surface area contributed by atoms with E-state index in [1.165, 1.54) is 6.07 Å². The fraction of sp³-hybridized carbons (Fsp3) is 0.300. The Labute approximate surface area is 177 Å². The molecule has 2 aromatic rings. The Morgan fingerprint density at radius 1 is 1.25 bits per heavy atom. The van der Waals surface area contributed by atoms with Crippen LogP contribution in [0.1, 0.15) is 43.4 Å². The van der Waals surface area contributed by atoms with Gasteiger partial charge in [-0.15, -0.1) is 0 Å². The standard InChI is InChI=1S/C20H18Cl3FN2O2/c1-3-18(27)25-10-12-6-11(4-5-16(12)24)17-9-20(2,28-26-17)13-7-14(21)19(23)15(22)8-13/h4-8H,3,9-10H2,1-2H3,(H,25,27). The number of amides is 1. The van der Waals surface area contributed by atoms with Crippen LogP contribution in [0.5, 0.6) is 0 Å². The van der Waals surface area contributed by atoms with Gasteiger partial charge in [-0.1, -0.05) is 52.9 Å². The van der Waals surface area contributed by atoms with Crippen LogP contribution in [0.25, 0.3) is 0 Å². The molecule has 1 aliphatic rings. The van der Waals surface area contributed by atoms with Crippen molar-refractivity contribution < 1.29 is 14.0 Å². The lowest BCUT2D eigenvalue weighted by Crippen LogP contribution is -2.23. The quantitative estimate of drug-likeness (QED) is 0.589. The minimum atomic E-state index is -0.780. The molecule has 1 unspecified atom stereocenters. The van der Waals surface area contributed by atoms with Gasteiger partial charge >= 0.3 is 0 Å². The first kappa shape index (κ1) is 20.9. The molecule has 0 aromatic heterocycles. The van der Waals surface area contributed by atoms with E-state index in [-0.39, 0.29) is 17.5 Å². The van der Waals surface area contributed by atoms with Crippen molar-refractivity contribution in [2.45, 2.75) is 38.8 Å². The van der Waals surface area contributed by atoms with Crippen molar-refractivity contribution in [2.75, 3.05) is 0 Å². The summed E-state index contributed by atoms with van der Waals surface area (Å²) in [5.74, 6) is -0.533. The van der Waals surface area contributed by atoms with Gasteiger partial charge in [0.25, 0.3) is 0 Å². The van der Waals surface area contributed by atoms with Crippen LogP contribution in [-0.4, -0.2) is 11.6 Å². The monoisotopic (exact) mass is 442 g/mol. The Bertz CT molecular complexity index is 941. The molecule has 1 heterocycles. The highest BCUT2D eigenvalue weighted by atomic mass is 35.5. The van der Waals surface area contributed by atoms with Crippen molar-refractivity contribution >= 4 is 46.4 Å². The molecule has 4 nitrogen and oxygen atoms in total. The number of halogens is 4. The van der Waals surface area contributed by atoms with Gasteiger partial charge < -0.3 is 10.2 Å². The third-order valence-electron chi connectivity index (χ3n) is 4.63. The highest BCUT2D eigenvalue weighted by Crippen LogP contribution is 2.41. The summed E-state index contributed by atoms with van der Waals surface area (Å²) in [6, 6.07) is 8.06. The topological polar surface area (TPSA) is 50.7 Å². The molecular weight excluding hydrogens is 426 g/mol. The lowest BCUT2D eigenvalue weighted by Gasteiger charge is -2.22. The third-order valence-corrected chi connectivity index (χ3v) is 5.83. The Hall–Kier alpha value is -1.82. The smallest absolute Gasteiger partial charge is 0.219 e. The maximum absolute atomic E-state index is 14.1. The van der Waals surface area contributed by atoms with E-state index in [2.05, 4.69) is 10.5 Å². The lowest BCUT2D eigenvalue weighted by molar-refractivity contribution is -0.120. The number of oxime groups is 1. The molecule has 0 spiro atoms. The average molecular weight is 444 g/mol. The number of nitrogens with one attached hydrogen (secondary N) is 1. The van der Waals surface area contributed by atoms with Crippen LogP contribution in [0, 0.1) is 5.82 Å². The molecule has 1 amide bonds. The maximum atomic E-state index is 14.1. The zero-order chi connectivity index (χ0) is 20.5. The van der Waals surface area contributed by atoms with Gasteiger partial charge in [-0.3, -0.25) is 4.79 Å². The average Bonchev–Trinajstić information content (AvgIpc) is 3.08. The molecule has 0 saturated heterocycles. The van der Waals surface area contributed by atoms with Gasteiger partial charge in [0.2, 0.25) is 5.91 Å². The summed E-state index contributed by atoms with van der Waals surface area (Å²) in [6.45, 7) is 3.72. The molecule has 0 bridgehead atoms. The van der Waals surface area contributed by atoms with Gasteiger partial charge in [0.1, 0.15) is 5.82 Å². The normalized spacial score (nSPS) is 18.6. The lowest BCUT2D eigenvalue weighted by atomic mass is 9.89. The van der Waals surface area contributed by atoms with Crippen molar-refractivity contribution in [3.8, 4) is 0 Å². The second kappa shape index (κ2) is 8.27. The van der Waals surface area contributed by atoms with E-state index in [4.69, 9.17) is 39.6 Å². The summed E-state index contributed by atoms with van der Waals surface area (Å²) >= 11 is 18.3. The minimum Gasteiger partial charge on any atom is -0.384 e. The summed E-state index contributed by atoms with van der Waals surface area (Å²) in [5, 5.41) is 7.81. The van der Waals surface area contributed by atoms with E-state index in [9.17, 15) is 9.18 Å². The molecule has 0 radical (unpaired) electrons. The predicted octanol–water partition coefficient (Wildman–Crippen LogP) is 5.85. The number of hydrogen-bond donors (Lipinski definition) is 1. The van der Waals surface area contributed by atoms with Crippen LogP contribution in [0.15, 0.2) is 35.5 Å². The number of hydrogen-bond acceptors (Lipinski definition) is 3. The molecule has 8 heteroatoms. The first-order valence-corrected chi connectivity index (χ1v) is 9.82. The van der Waals surface area contributed by atoms with Gasteiger partial charge in [-0.05, 0) is 31.2 Å². The van der Waals surface area contributed by atoms with Gasteiger partial charge in [0.15, 0.2) is 5.60 Å². The van der Waals surface area contributed by atoms with E-state index in [0.29, 0.717) is 34.2 Å². The Morgan fingerprint density at radius 3 is 2.57 bits per heavy atom. The molecule has 0 aliphatic carbocycles. The summed E-state index contributed by atoms with van der Waals surface area (Å²) in [6.07, 6.45) is 0.778.